The highest BCUT2D eigenvalue weighted by Crippen LogP contribution is 2.31. The van der Waals surface area contributed by atoms with E-state index in [0.717, 1.165) is 30.1 Å². The van der Waals surface area contributed by atoms with Gasteiger partial charge in [0, 0.05) is 18.4 Å². The molecule has 0 aliphatic rings. The number of ether oxygens (including phenoxy) is 1. The van der Waals surface area contributed by atoms with Gasteiger partial charge in [-0.15, -0.1) is 0 Å². The monoisotopic (exact) mass is 272 g/mol. The SMILES string of the molecule is COc1ccccc1N(CCCN)c1nccc(C)n1. The van der Waals surface area contributed by atoms with Crippen LogP contribution in [0.15, 0.2) is 36.5 Å². The van der Waals surface area contributed by atoms with Crippen molar-refractivity contribution >= 4 is 11.6 Å². The number of methoxy groups -OCH3 is 1. The molecule has 0 aliphatic heterocycles. The fourth-order valence-electron chi connectivity index (χ4n) is 2.00. The third-order valence-corrected chi connectivity index (χ3v) is 2.99. The van der Waals surface area contributed by atoms with Crippen LogP contribution < -0.4 is 15.4 Å². The highest BCUT2D eigenvalue weighted by molar-refractivity contribution is 5.65. The first-order chi connectivity index (χ1) is 9.76. The van der Waals surface area contributed by atoms with Gasteiger partial charge in [-0.3, -0.25) is 0 Å². The molecule has 5 heteroatoms. The smallest absolute Gasteiger partial charge is 0.230 e. The average molecular weight is 272 g/mol. The van der Waals surface area contributed by atoms with Crippen molar-refractivity contribution in [3.8, 4) is 5.75 Å². The maximum absolute atomic E-state index is 5.63. The third kappa shape index (κ3) is 3.24. The summed E-state index contributed by atoms with van der Waals surface area (Å²) in [5.41, 5.74) is 7.52. The summed E-state index contributed by atoms with van der Waals surface area (Å²) in [4.78, 5) is 10.9. The lowest BCUT2D eigenvalue weighted by Gasteiger charge is -2.24. The van der Waals surface area contributed by atoms with Crippen LogP contribution in [0.3, 0.4) is 0 Å². The largest absolute Gasteiger partial charge is 0.495 e. The van der Waals surface area contributed by atoms with Crippen LogP contribution in [-0.4, -0.2) is 30.2 Å². The molecular weight excluding hydrogens is 252 g/mol. The molecule has 0 aliphatic carbocycles. The van der Waals surface area contributed by atoms with Crippen LogP contribution >= 0.6 is 0 Å². The van der Waals surface area contributed by atoms with Gasteiger partial charge < -0.3 is 15.4 Å². The van der Waals surface area contributed by atoms with E-state index in [1.165, 1.54) is 0 Å². The molecule has 0 spiro atoms. The van der Waals surface area contributed by atoms with E-state index in [1.807, 2.05) is 42.2 Å². The lowest BCUT2D eigenvalue weighted by molar-refractivity contribution is 0.415. The molecule has 0 radical (unpaired) electrons. The van der Waals surface area contributed by atoms with Crippen molar-refractivity contribution < 1.29 is 4.74 Å². The van der Waals surface area contributed by atoms with Gasteiger partial charge in [0.2, 0.25) is 5.95 Å². The third-order valence-electron chi connectivity index (χ3n) is 2.99. The van der Waals surface area contributed by atoms with E-state index in [9.17, 15) is 0 Å². The van der Waals surface area contributed by atoms with Gasteiger partial charge >= 0.3 is 0 Å². The molecule has 2 N–H and O–H groups in total. The van der Waals surface area contributed by atoms with Crippen molar-refractivity contribution in [3.63, 3.8) is 0 Å². The van der Waals surface area contributed by atoms with E-state index in [-0.39, 0.29) is 0 Å². The number of rotatable bonds is 6. The molecule has 0 bridgehead atoms. The molecule has 0 saturated heterocycles. The number of hydrogen-bond acceptors (Lipinski definition) is 5. The van der Waals surface area contributed by atoms with E-state index >= 15 is 0 Å². The van der Waals surface area contributed by atoms with E-state index in [1.54, 1.807) is 13.3 Å². The van der Waals surface area contributed by atoms with Gasteiger partial charge in [0.15, 0.2) is 0 Å². The summed E-state index contributed by atoms with van der Waals surface area (Å²) in [5.74, 6) is 1.47. The van der Waals surface area contributed by atoms with Crippen molar-refractivity contribution in [1.29, 1.82) is 0 Å². The van der Waals surface area contributed by atoms with E-state index in [0.29, 0.717) is 12.5 Å². The quantitative estimate of drug-likeness (QED) is 0.874. The van der Waals surface area contributed by atoms with Gasteiger partial charge in [0.05, 0.1) is 12.8 Å². The molecular formula is C15H20N4O. The van der Waals surface area contributed by atoms with Crippen LogP contribution in [0.2, 0.25) is 0 Å². The first-order valence-corrected chi connectivity index (χ1v) is 6.66. The Morgan fingerprint density at radius 3 is 2.75 bits per heavy atom. The Morgan fingerprint density at radius 2 is 2.05 bits per heavy atom. The number of para-hydroxylation sites is 2. The van der Waals surface area contributed by atoms with Crippen LogP contribution in [0.5, 0.6) is 5.75 Å². The Labute approximate surface area is 119 Å². The Morgan fingerprint density at radius 1 is 1.25 bits per heavy atom. The number of aryl methyl sites for hydroxylation is 1. The minimum atomic E-state index is 0.622. The highest BCUT2D eigenvalue weighted by atomic mass is 16.5. The van der Waals surface area contributed by atoms with Crippen molar-refractivity contribution in [2.45, 2.75) is 13.3 Å². The molecule has 0 amide bonds. The Kier molecular flexibility index (Phi) is 4.90. The van der Waals surface area contributed by atoms with Crippen LogP contribution in [0.4, 0.5) is 11.6 Å². The van der Waals surface area contributed by atoms with Crippen molar-refractivity contribution in [2.24, 2.45) is 5.73 Å². The van der Waals surface area contributed by atoms with Crippen molar-refractivity contribution in [3.05, 3.63) is 42.2 Å². The summed E-state index contributed by atoms with van der Waals surface area (Å²) >= 11 is 0. The molecule has 20 heavy (non-hydrogen) atoms. The molecule has 0 unspecified atom stereocenters. The second-order valence-electron chi connectivity index (χ2n) is 4.46. The molecule has 2 rings (SSSR count). The van der Waals surface area contributed by atoms with Gasteiger partial charge in [-0.1, -0.05) is 12.1 Å². The molecule has 106 valence electrons. The summed E-state index contributed by atoms with van der Waals surface area (Å²) in [6.45, 7) is 3.33. The zero-order valence-electron chi connectivity index (χ0n) is 11.9. The van der Waals surface area contributed by atoms with E-state index in [2.05, 4.69) is 9.97 Å². The minimum absolute atomic E-state index is 0.622. The van der Waals surface area contributed by atoms with Crippen LogP contribution in [0.1, 0.15) is 12.1 Å². The molecule has 1 aromatic heterocycles. The average Bonchev–Trinajstić information content (AvgIpc) is 2.48. The highest BCUT2D eigenvalue weighted by Gasteiger charge is 2.15. The number of hydrogen-bond donors (Lipinski definition) is 1. The topological polar surface area (TPSA) is 64.3 Å². The van der Waals surface area contributed by atoms with Gasteiger partial charge in [-0.05, 0) is 38.1 Å². The number of benzene rings is 1. The summed E-state index contributed by atoms with van der Waals surface area (Å²) in [6, 6.07) is 9.73. The molecule has 5 nitrogen and oxygen atoms in total. The number of nitrogens with two attached hydrogens (primary N) is 1. The second kappa shape index (κ2) is 6.86. The Hall–Kier alpha value is -2.14. The summed E-state index contributed by atoms with van der Waals surface area (Å²) < 4.78 is 5.43. The normalized spacial score (nSPS) is 10.3. The predicted molar refractivity (Wildman–Crippen MR) is 80.4 cm³/mol. The van der Waals surface area contributed by atoms with Gasteiger partial charge in [0.1, 0.15) is 5.75 Å². The van der Waals surface area contributed by atoms with Gasteiger partial charge in [-0.2, -0.15) is 0 Å². The molecule has 2 aromatic rings. The summed E-state index contributed by atoms with van der Waals surface area (Å²) in [5, 5.41) is 0. The van der Waals surface area contributed by atoms with Crippen molar-refractivity contribution in [1.82, 2.24) is 9.97 Å². The van der Waals surface area contributed by atoms with Gasteiger partial charge in [0.25, 0.3) is 0 Å². The minimum Gasteiger partial charge on any atom is -0.495 e. The number of anilines is 2. The molecule has 1 aromatic carbocycles. The fraction of sp³-hybridized carbons (Fsp3) is 0.333. The number of aromatic nitrogens is 2. The molecule has 0 saturated carbocycles. The van der Waals surface area contributed by atoms with E-state index < -0.39 is 0 Å². The second-order valence-corrected chi connectivity index (χ2v) is 4.46. The van der Waals surface area contributed by atoms with Crippen LogP contribution in [0.25, 0.3) is 0 Å². The van der Waals surface area contributed by atoms with Crippen molar-refractivity contribution in [2.75, 3.05) is 25.1 Å². The maximum Gasteiger partial charge on any atom is 0.230 e. The summed E-state index contributed by atoms with van der Waals surface area (Å²) in [7, 11) is 1.66. The Bertz CT molecular complexity index is 559. The molecule has 0 fully saturated rings. The maximum atomic E-state index is 5.63. The van der Waals surface area contributed by atoms with E-state index in [4.69, 9.17) is 10.5 Å². The summed E-state index contributed by atoms with van der Waals surface area (Å²) in [6.07, 6.45) is 2.62. The standard InChI is InChI=1S/C15H20N4O/c1-12-8-10-17-15(18-12)19(11-5-9-16)13-6-3-4-7-14(13)20-2/h3-4,6-8,10H,5,9,11,16H2,1-2H3. The first kappa shape index (κ1) is 14.3. The molecule has 0 atom stereocenters. The Balaban J connectivity index is 2.41. The molecule has 1 heterocycles. The zero-order valence-corrected chi connectivity index (χ0v) is 11.9. The fourth-order valence-corrected chi connectivity index (χ4v) is 2.00. The lowest BCUT2D eigenvalue weighted by atomic mass is 10.2. The lowest BCUT2D eigenvalue weighted by Crippen LogP contribution is -2.23. The van der Waals surface area contributed by atoms with Crippen LogP contribution in [0, 0.1) is 6.92 Å². The first-order valence-electron chi connectivity index (χ1n) is 6.66. The predicted octanol–water partition coefficient (Wildman–Crippen LogP) is 2.28. The van der Waals surface area contributed by atoms with Crippen LogP contribution in [-0.2, 0) is 0 Å². The van der Waals surface area contributed by atoms with Gasteiger partial charge in [-0.25, -0.2) is 9.97 Å². The zero-order chi connectivity index (χ0) is 14.4. The number of nitrogens with zero attached hydrogens (tertiary/aromatic N) is 3.